The van der Waals surface area contributed by atoms with Gasteiger partial charge in [0.15, 0.2) is 0 Å². The fraction of sp³-hybridized carbons (Fsp3) is 0.400. The van der Waals surface area contributed by atoms with Crippen LogP contribution in [0.15, 0.2) is 22.7 Å². The Morgan fingerprint density at radius 1 is 1.33 bits per heavy atom. The lowest BCUT2D eigenvalue weighted by molar-refractivity contribution is 0.289. The van der Waals surface area contributed by atoms with Crippen molar-refractivity contribution in [1.82, 2.24) is 9.78 Å². The fourth-order valence-corrected chi connectivity index (χ4v) is 3.36. The predicted octanol–water partition coefficient (Wildman–Crippen LogP) is 5.20. The van der Waals surface area contributed by atoms with E-state index in [1.54, 1.807) is 0 Å². The topological polar surface area (TPSA) is 27.1 Å². The van der Waals surface area contributed by atoms with Crippen LogP contribution >= 0.6 is 39.1 Å². The SMILES string of the molecule is CCc1nn(CC)c(COc2cccc(Cl)c2CCl)c1Br. The summed E-state index contributed by atoms with van der Waals surface area (Å²) in [4.78, 5) is 0. The molecule has 0 atom stereocenters. The second-order valence-corrected chi connectivity index (χ2v) is 5.98. The van der Waals surface area contributed by atoms with Crippen LogP contribution in [-0.4, -0.2) is 9.78 Å². The first-order chi connectivity index (χ1) is 10.1. The second kappa shape index (κ2) is 7.52. The number of ether oxygens (including phenoxy) is 1. The highest BCUT2D eigenvalue weighted by atomic mass is 79.9. The number of aryl methyl sites for hydroxylation is 2. The monoisotopic (exact) mass is 390 g/mol. The van der Waals surface area contributed by atoms with E-state index in [9.17, 15) is 0 Å². The summed E-state index contributed by atoms with van der Waals surface area (Å²) >= 11 is 15.7. The maximum absolute atomic E-state index is 6.14. The maximum atomic E-state index is 6.14. The summed E-state index contributed by atoms with van der Waals surface area (Å²) < 4.78 is 8.88. The minimum Gasteiger partial charge on any atom is -0.487 e. The molecule has 0 aliphatic rings. The van der Waals surface area contributed by atoms with Crippen LogP contribution in [0.3, 0.4) is 0 Å². The summed E-state index contributed by atoms with van der Waals surface area (Å²) in [7, 11) is 0. The molecule has 21 heavy (non-hydrogen) atoms. The molecule has 0 aliphatic carbocycles. The van der Waals surface area contributed by atoms with Gasteiger partial charge >= 0.3 is 0 Å². The number of aromatic nitrogens is 2. The highest BCUT2D eigenvalue weighted by molar-refractivity contribution is 9.10. The largest absolute Gasteiger partial charge is 0.487 e. The highest BCUT2D eigenvalue weighted by Gasteiger charge is 2.15. The van der Waals surface area contributed by atoms with E-state index < -0.39 is 0 Å². The molecule has 114 valence electrons. The molecule has 0 amide bonds. The van der Waals surface area contributed by atoms with Crippen molar-refractivity contribution >= 4 is 39.1 Å². The van der Waals surface area contributed by atoms with Gasteiger partial charge in [0.05, 0.1) is 21.7 Å². The molecule has 0 aliphatic heterocycles. The van der Waals surface area contributed by atoms with E-state index in [-0.39, 0.29) is 0 Å². The lowest BCUT2D eigenvalue weighted by atomic mass is 10.2. The fourth-order valence-electron chi connectivity index (χ4n) is 2.11. The number of hydrogen-bond donors (Lipinski definition) is 0. The average molecular weight is 392 g/mol. The summed E-state index contributed by atoms with van der Waals surface area (Å²) in [6, 6.07) is 5.55. The lowest BCUT2D eigenvalue weighted by Gasteiger charge is -2.12. The molecular formula is C15H17BrCl2N2O. The smallest absolute Gasteiger partial charge is 0.131 e. The van der Waals surface area contributed by atoms with Gasteiger partial charge in [-0.25, -0.2) is 0 Å². The number of halogens is 3. The molecule has 0 spiro atoms. The Hall–Kier alpha value is -0.710. The van der Waals surface area contributed by atoms with Crippen molar-refractivity contribution in [3.05, 3.63) is 44.6 Å². The van der Waals surface area contributed by atoms with Crippen LogP contribution in [0.25, 0.3) is 0 Å². The Kier molecular flexibility index (Phi) is 5.97. The van der Waals surface area contributed by atoms with Gasteiger partial charge in [-0.1, -0.05) is 24.6 Å². The molecule has 0 fully saturated rings. The van der Waals surface area contributed by atoms with Gasteiger partial charge in [0, 0.05) is 17.1 Å². The third kappa shape index (κ3) is 3.55. The van der Waals surface area contributed by atoms with Gasteiger partial charge in [-0.2, -0.15) is 5.10 Å². The minimum absolute atomic E-state index is 0.323. The molecule has 2 aromatic rings. The maximum Gasteiger partial charge on any atom is 0.131 e. The summed E-state index contributed by atoms with van der Waals surface area (Å²) in [6.45, 7) is 5.37. The molecule has 2 rings (SSSR count). The van der Waals surface area contributed by atoms with E-state index in [0.29, 0.717) is 23.3 Å². The molecule has 0 N–H and O–H groups in total. The zero-order valence-corrected chi connectivity index (χ0v) is 15.1. The Balaban J connectivity index is 2.24. The molecule has 1 aromatic carbocycles. The number of alkyl halides is 1. The number of nitrogens with zero attached hydrogens (tertiary/aromatic N) is 2. The summed E-state index contributed by atoms with van der Waals surface area (Å²) in [6.07, 6.45) is 0.880. The highest BCUT2D eigenvalue weighted by Crippen LogP contribution is 2.30. The van der Waals surface area contributed by atoms with E-state index in [1.165, 1.54) is 0 Å². The Morgan fingerprint density at radius 3 is 2.71 bits per heavy atom. The van der Waals surface area contributed by atoms with Crippen LogP contribution in [0.4, 0.5) is 0 Å². The van der Waals surface area contributed by atoms with Crippen LogP contribution < -0.4 is 4.74 Å². The van der Waals surface area contributed by atoms with Gasteiger partial charge in [0.2, 0.25) is 0 Å². The van der Waals surface area contributed by atoms with Crippen LogP contribution in [0.1, 0.15) is 30.8 Å². The molecule has 1 aromatic heterocycles. The molecule has 0 unspecified atom stereocenters. The van der Waals surface area contributed by atoms with Crippen molar-refractivity contribution in [3.63, 3.8) is 0 Å². The van der Waals surface area contributed by atoms with E-state index in [0.717, 1.165) is 34.4 Å². The Morgan fingerprint density at radius 2 is 2.10 bits per heavy atom. The van der Waals surface area contributed by atoms with Gasteiger partial charge in [-0.15, -0.1) is 11.6 Å². The summed E-state index contributed by atoms with van der Waals surface area (Å²) in [5.41, 5.74) is 2.88. The summed E-state index contributed by atoms with van der Waals surface area (Å²) in [5, 5.41) is 5.18. The van der Waals surface area contributed by atoms with Crippen LogP contribution in [0, 0.1) is 0 Å². The predicted molar refractivity (Wildman–Crippen MR) is 90.3 cm³/mol. The number of rotatable bonds is 6. The first-order valence-corrected chi connectivity index (χ1v) is 8.53. The molecule has 0 radical (unpaired) electrons. The van der Waals surface area contributed by atoms with E-state index >= 15 is 0 Å². The Labute approximate surface area is 143 Å². The van der Waals surface area contributed by atoms with E-state index in [1.807, 2.05) is 22.9 Å². The lowest BCUT2D eigenvalue weighted by Crippen LogP contribution is -2.07. The standard InChI is InChI=1S/C15H17BrCl2N2O/c1-3-12-15(16)13(20(4-2)19-12)9-21-14-7-5-6-11(18)10(14)8-17/h5-7H,3-4,8-9H2,1-2H3. The minimum atomic E-state index is 0.323. The van der Waals surface area contributed by atoms with Crippen molar-refractivity contribution in [2.45, 2.75) is 39.3 Å². The van der Waals surface area contributed by atoms with Crippen LogP contribution in [0.5, 0.6) is 5.75 Å². The van der Waals surface area contributed by atoms with Crippen molar-refractivity contribution < 1.29 is 4.74 Å². The van der Waals surface area contributed by atoms with Crippen LogP contribution in [0.2, 0.25) is 5.02 Å². The molecule has 1 heterocycles. The normalized spacial score (nSPS) is 10.9. The van der Waals surface area contributed by atoms with Crippen molar-refractivity contribution in [1.29, 1.82) is 0 Å². The second-order valence-electron chi connectivity index (χ2n) is 4.52. The molecule has 3 nitrogen and oxygen atoms in total. The van der Waals surface area contributed by atoms with Gasteiger partial charge in [-0.3, -0.25) is 4.68 Å². The van der Waals surface area contributed by atoms with Crippen molar-refractivity contribution in [2.24, 2.45) is 0 Å². The van der Waals surface area contributed by atoms with Gasteiger partial charge in [0.25, 0.3) is 0 Å². The molecule has 0 saturated carbocycles. The van der Waals surface area contributed by atoms with Crippen LogP contribution in [-0.2, 0) is 25.5 Å². The third-order valence-electron chi connectivity index (χ3n) is 3.27. The molecular weight excluding hydrogens is 375 g/mol. The van der Waals surface area contributed by atoms with E-state index in [4.69, 9.17) is 27.9 Å². The average Bonchev–Trinajstić information content (AvgIpc) is 2.80. The number of hydrogen-bond acceptors (Lipinski definition) is 2. The molecule has 0 bridgehead atoms. The van der Waals surface area contributed by atoms with Gasteiger partial charge in [-0.05, 0) is 41.4 Å². The van der Waals surface area contributed by atoms with Crippen molar-refractivity contribution in [2.75, 3.05) is 0 Å². The first kappa shape index (κ1) is 16.7. The summed E-state index contributed by atoms with van der Waals surface area (Å²) in [5.74, 6) is 1.04. The Bertz CT molecular complexity index is 628. The first-order valence-electron chi connectivity index (χ1n) is 6.82. The molecule has 0 saturated heterocycles. The third-order valence-corrected chi connectivity index (χ3v) is 4.80. The zero-order chi connectivity index (χ0) is 15.4. The quantitative estimate of drug-likeness (QED) is 0.632. The zero-order valence-electron chi connectivity index (χ0n) is 12.0. The van der Waals surface area contributed by atoms with Gasteiger partial charge in [0.1, 0.15) is 12.4 Å². The number of benzene rings is 1. The van der Waals surface area contributed by atoms with E-state index in [2.05, 4.69) is 34.9 Å². The van der Waals surface area contributed by atoms with Crippen molar-refractivity contribution in [3.8, 4) is 5.75 Å². The van der Waals surface area contributed by atoms with Gasteiger partial charge < -0.3 is 4.74 Å². The molecule has 6 heteroatoms.